The zero-order valence-electron chi connectivity index (χ0n) is 10.8. The van der Waals surface area contributed by atoms with Crippen LogP contribution in [0.1, 0.15) is 23.2 Å². The van der Waals surface area contributed by atoms with Crippen LogP contribution in [0, 0.1) is 0 Å². The molecule has 1 aromatic rings. The molecule has 1 fully saturated rings. The maximum atomic E-state index is 12.6. The molecule has 0 amide bonds. The van der Waals surface area contributed by atoms with Crippen LogP contribution in [-0.4, -0.2) is 48.1 Å². The minimum Gasteiger partial charge on any atom is -0.478 e. The molecule has 6 nitrogen and oxygen atoms in total. The summed E-state index contributed by atoms with van der Waals surface area (Å²) in [6, 6.07) is 1.85. The molecule has 116 valence electrons. The lowest BCUT2D eigenvalue weighted by Crippen LogP contribution is -2.37. The lowest BCUT2D eigenvalue weighted by molar-refractivity contribution is 0.0697. The summed E-state index contributed by atoms with van der Waals surface area (Å²) in [6.45, 7) is -0.0366. The molecule has 1 aliphatic rings. The summed E-state index contributed by atoms with van der Waals surface area (Å²) in [6.07, 6.45) is 1.17. The molecule has 0 saturated carbocycles. The number of aliphatic hydroxyl groups is 1. The molecule has 0 aliphatic carbocycles. The second-order valence-corrected chi connectivity index (χ2v) is 7.28. The fraction of sp³-hybridized carbons (Fsp3) is 0.417. The summed E-state index contributed by atoms with van der Waals surface area (Å²) in [5.41, 5.74) is -0.445. The lowest BCUT2D eigenvalue weighted by atomic mass is 10.2. The molecular weight excluding hydrogens is 341 g/mol. The average Bonchev–Trinajstić information content (AvgIpc) is 2.86. The van der Waals surface area contributed by atoms with Crippen molar-refractivity contribution in [1.82, 2.24) is 4.31 Å². The van der Waals surface area contributed by atoms with Gasteiger partial charge in [-0.15, -0.1) is 0 Å². The minimum absolute atomic E-state index is 0.133. The fourth-order valence-electron chi connectivity index (χ4n) is 2.36. The Bertz CT molecular complexity index is 676. The van der Waals surface area contributed by atoms with Crippen molar-refractivity contribution < 1.29 is 23.4 Å². The molecule has 2 rings (SSSR count). The smallest absolute Gasteiger partial charge is 0.338 e. The first kappa shape index (κ1) is 16.5. The number of nitrogens with zero attached hydrogens (tertiary/aromatic N) is 1. The van der Waals surface area contributed by atoms with Crippen molar-refractivity contribution in [3.8, 4) is 0 Å². The van der Waals surface area contributed by atoms with Gasteiger partial charge in [0.15, 0.2) is 0 Å². The van der Waals surface area contributed by atoms with E-state index in [2.05, 4.69) is 0 Å². The topological polar surface area (TPSA) is 94.9 Å². The third-order valence-corrected chi connectivity index (χ3v) is 6.20. The standard InChI is InChI=1S/C12H13Cl2NO5S/c13-8-3-4-9(11(14)10(8)12(17)18)21(19,20)15-5-1-2-7(15)6-16/h3-4,7,16H,1-2,5-6H2,(H,17,18)/t7-/m0/s1. The Morgan fingerprint density at radius 2 is 2.05 bits per heavy atom. The monoisotopic (exact) mass is 353 g/mol. The number of sulfonamides is 1. The van der Waals surface area contributed by atoms with Gasteiger partial charge in [-0.05, 0) is 25.0 Å². The number of carboxylic acid groups (broad SMARTS) is 1. The molecule has 2 N–H and O–H groups in total. The number of benzene rings is 1. The first-order valence-electron chi connectivity index (χ1n) is 6.14. The normalized spacial score (nSPS) is 19.9. The number of halogens is 2. The van der Waals surface area contributed by atoms with Crippen molar-refractivity contribution in [1.29, 1.82) is 0 Å². The van der Waals surface area contributed by atoms with E-state index in [1.165, 1.54) is 12.1 Å². The van der Waals surface area contributed by atoms with Gasteiger partial charge in [0, 0.05) is 12.6 Å². The van der Waals surface area contributed by atoms with Gasteiger partial charge in [0.1, 0.15) is 4.90 Å². The highest BCUT2D eigenvalue weighted by Gasteiger charge is 2.37. The van der Waals surface area contributed by atoms with Crippen molar-refractivity contribution in [2.45, 2.75) is 23.8 Å². The summed E-state index contributed by atoms with van der Waals surface area (Å²) in [5.74, 6) is -1.40. The third-order valence-electron chi connectivity index (χ3n) is 3.39. The molecule has 1 aromatic carbocycles. The number of carboxylic acids is 1. The van der Waals surface area contributed by atoms with E-state index in [9.17, 15) is 18.3 Å². The Morgan fingerprint density at radius 3 is 2.62 bits per heavy atom. The molecule has 0 unspecified atom stereocenters. The molecule has 0 radical (unpaired) electrons. The minimum atomic E-state index is -3.98. The van der Waals surface area contributed by atoms with E-state index in [0.717, 1.165) is 4.31 Å². The Balaban J connectivity index is 2.56. The second kappa shape index (κ2) is 6.10. The Kier molecular flexibility index (Phi) is 4.79. The molecular formula is C12H13Cl2NO5S. The molecule has 1 atom stereocenters. The maximum Gasteiger partial charge on any atom is 0.338 e. The summed E-state index contributed by atoms with van der Waals surface area (Å²) < 4.78 is 26.4. The third kappa shape index (κ3) is 2.89. The first-order valence-corrected chi connectivity index (χ1v) is 8.34. The highest BCUT2D eigenvalue weighted by Crippen LogP contribution is 2.35. The predicted molar refractivity (Wildman–Crippen MR) is 77.4 cm³/mol. The lowest BCUT2D eigenvalue weighted by Gasteiger charge is -2.23. The maximum absolute atomic E-state index is 12.6. The Labute approximate surface area is 131 Å². The van der Waals surface area contributed by atoms with E-state index >= 15 is 0 Å². The number of hydrogen-bond acceptors (Lipinski definition) is 4. The Morgan fingerprint density at radius 1 is 1.38 bits per heavy atom. The van der Waals surface area contributed by atoms with Gasteiger partial charge in [0.2, 0.25) is 10.0 Å². The van der Waals surface area contributed by atoms with E-state index in [0.29, 0.717) is 12.8 Å². The summed E-state index contributed by atoms with van der Waals surface area (Å²) in [5, 5.41) is 17.8. The largest absolute Gasteiger partial charge is 0.478 e. The Hall–Kier alpha value is -0.860. The van der Waals surface area contributed by atoms with Crippen LogP contribution in [0.2, 0.25) is 10.0 Å². The molecule has 0 aromatic heterocycles. The first-order chi connectivity index (χ1) is 9.80. The molecule has 1 heterocycles. The highest BCUT2D eigenvalue weighted by molar-refractivity contribution is 7.89. The SMILES string of the molecule is O=C(O)c1c(Cl)ccc(S(=O)(=O)N2CCC[C@H]2CO)c1Cl. The summed E-state index contributed by atoms with van der Waals surface area (Å²) in [4.78, 5) is 10.8. The average molecular weight is 354 g/mol. The van der Waals surface area contributed by atoms with E-state index in [-0.39, 0.29) is 23.1 Å². The van der Waals surface area contributed by atoms with Gasteiger partial charge in [-0.25, -0.2) is 13.2 Å². The van der Waals surface area contributed by atoms with Gasteiger partial charge in [-0.1, -0.05) is 23.2 Å². The summed E-state index contributed by atoms with van der Waals surface area (Å²) >= 11 is 11.7. The van der Waals surface area contributed by atoms with Crippen molar-refractivity contribution in [3.05, 3.63) is 27.7 Å². The molecule has 1 saturated heterocycles. The zero-order valence-corrected chi connectivity index (χ0v) is 13.1. The van der Waals surface area contributed by atoms with Gasteiger partial charge in [0.25, 0.3) is 0 Å². The van der Waals surface area contributed by atoms with Crippen molar-refractivity contribution in [3.63, 3.8) is 0 Å². The molecule has 0 spiro atoms. The van der Waals surface area contributed by atoms with E-state index in [1.807, 2.05) is 0 Å². The zero-order chi connectivity index (χ0) is 15.8. The van der Waals surface area contributed by atoms with Gasteiger partial charge < -0.3 is 10.2 Å². The van der Waals surface area contributed by atoms with Gasteiger partial charge >= 0.3 is 5.97 Å². The van der Waals surface area contributed by atoms with Crippen LogP contribution in [0.4, 0.5) is 0 Å². The van der Waals surface area contributed by atoms with Gasteiger partial charge in [-0.3, -0.25) is 0 Å². The van der Waals surface area contributed by atoms with Crippen LogP contribution in [0.5, 0.6) is 0 Å². The summed E-state index contributed by atoms with van der Waals surface area (Å²) in [7, 11) is -3.98. The van der Waals surface area contributed by atoms with Gasteiger partial charge in [0.05, 0.1) is 22.2 Å². The van der Waals surface area contributed by atoms with Crippen LogP contribution >= 0.6 is 23.2 Å². The number of carbonyl (C=O) groups is 1. The van der Waals surface area contributed by atoms with E-state index in [4.69, 9.17) is 28.3 Å². The van der Waals surface area contributed by atoms with Crippen molar-refractivity contribution in [2.24, 2.45) is 0 Å². The number of rotatable bonds is 4. The number of hydrogen-bond donors (Lipinski definition) is 2. The van der Waals surface area contributed by atoms with Crippen molar-refractivity contribution in [2.75, 3.05) is 13.2 Å². The van der Waals surface area contributed by atoms with Gasteiger partial charge in [-0.2, -0.15) is 4.31 Å². The van der Waals surface area contributed by atoms with Crippen molar-refractivity contribution >= 4 is 39.2 Å². The molecule has 0 bridgehead atoms. The number of aromatic carboxylic acids is 1. The van der Waals surface area contributed by atoms with Crippen LogP contribution in [0.3, 0.4) is 0 Å². The van der Waals surface area contributed by atoms with Crippen LogP contribution in [-0.2, 0) is 10.0 Å². The van der Waals surface area contributed by atoms with Crippen LogP contribution in [0.15, 0.2) is 17.0 Å². The fourth-order valence-corrected chi connectivity index (χ4v) is 4.94. The van der Waals surface area contributed by atoms with Crippen LogP contribution < -0.4 is 0 Å². The molecule has 9 heteroatoms. The van der Waals surface area contributed by atoms with E-state index in [1.54, 1.807) is 0 Å². The van der Waals surface area contributed by atoms with Crippen LogP contribution in [0.25, 0.3) is 0 Å². The molecule has 21 heavy (non-hydrogen) atoms. The second-order valence-electron chi connectivity index (χ2n) is 4.63. The quantitative estimate of drug-likeness (QED) is 0.860. The van der Waals surface area contributed by atoms with E-state index < -0.39 is 32.6 Å². The highest BCUT2D eigenvalue weighted by atomic mass is 35.5. The predicted octanol–water partition coefficient (Wildman–Crippen LogP) is 1.84. The molecule has 1 aliphatic heterocycles. The number of aliphatic hydroxyl groups excluding tert-OH is 1.